The van der Waals surface area contributed by atoms with Gasteiger partial charge in [0.05, 0.1) is 29.0 Å². The van der Waals surface area contributed by atoms with Crippen LogP contribution in [-0.4, -0.2) is 30.9 Å². The molecule has 5 aromatic rings. The normalized spacial score (nSPS) is 11.0. The number of halogens is 3. The lowest BCUT2D eigenvalue weighted by Gasteiger charge is -2.15. The number of ether oxygens (including phenoxy) is 1. The van der Waals surface area contributed by atoms with Crippen molar-refractivity contribution in [3.63, 3.8) is 0 Å². The number of carbonyl (C=O) groups excluding carboxylic acids is 1. The summed E-state index contributed by atoms with van der Waals surface area (Å²) in [6.07, 6.45) is 5.11. The molecule has 0 aliphatic rings. The number of carbonyl (C=O) groups is 1. The van der Waals surface area contributed by atoms with Crippen LogP contribution in [0.2, 0.25) is 5.02 Å². The highest BCUT2D eigenvalue weighted by Gasteiger charge is 2.15. The molecule has 0 saturated heterocycles. The van der Waals surface area contributed by atoms with E-state index in [-0.39, 0.29) is 23.4 Å². The molecule has 1 amide bonds. The maximum atomic E-state index is 13.6. The van der Waals surface area contributed by atoms with Gasteiger partial charge in [-0.1, -0.05) is 42.3 Å². The van der Waals surface area contributed by atoms with Crippen LogP contribution in [0.3, 0.4) is 0 Å². The highest BCUT2D eigenvalue weighted by atomic mass is 35.5. The SMILES string of the molecule is CCCCC(=O)Nc1cc2c(Nc3ccc(F)c(Cl)c3)ncnc2cc1OCc1cn(Cc2ccc(F)cc2)nn1. The summed E-state index contributed by atoms with van der Waals surface area (Å²) in [5.41, 5.74) is 2.97. The Bertz CT molecular complexity index is 1680. The standard InChI is InChI=1S/C29H26ClF2N7O2/c1-2-3-4-28(40)36-26-12-22-25(33-17-34-29(22)35-20-9-10-24(32)23(30)11-20)13-27(26)41-16-21-15-39(38-37-21)14-18-5-7-19(31)8-6-18/h5-13,15,17H,2-4,14,16H2,1H3,(H,36,40)(H,33,34,35). The molecular formula is C29H26ClF2N7O2. The molecule has 2 aromatic heterocycles. The quantitative estimate of drug-likeness (QED) is 0.181. The van der Waals surface area contributed by atoms with Crippen molar-refractivity contribution in [2.75, 3.05) is 10.6 Å². The second-order valence-corrected chi connectivity index (χ2v) is 9.72. The first-order valence-electron chi connectivity index (χ1n) is 12.9. The lowest BCUT2D eigenvalue weighted by Crippen LogP contribution is -2.12. The van der Waals surface area contributed by atoms with E-state index >= 15 is 0 Å². The minimum absolute atomic E-state index is 0.0254. The molecular weight excluding hydrogens is 552 g/mol. The summed E-state index contributed by atoms with van der Waals surface area (Å²) in [7, 11) is 0. The summed E-state index contributed by atoms with van der Waals surface area (Å²) in [5, 5.41) is 14.9. The molecule has 210 valence electrons. The van der Waals surface area contributed by atoms with Crippen molar-refractivity contribution < 1.29 is 18.3 Å². The van der Waals surface area contributed by atoms with Gasteiger partial charge in [0.25, 0.3) is 0 Å². The Hall–Kier alpha value is -4.64. The van der Waals surface area contributed by atoms with Gasteiger partial charge in [0.2, 0.25) is 5.91 Å². The Balaban J connectivity index is 1.39. The average Bonchev–Trinajstić information content (AvgIpc) is 3.41. The van der Waals surface area contributed by atoms with Crippen LogP contribution in [0.4, 0.5) is 26.0 Å². The van der Waals surface area contributed by atoms with Gasteiger partial charge in [0, 0.05) is 23.6 Å². The molecule has 3 aromatic carbocycles. The molecule has 0 fully saturated rings. The minimum atomic E-state index is -0.529. The summed E-state index contributed by atoms with van der Waals surface area (Å²) in [6.45, 7) is 2.52. The summed E-state index contributed by atoms with van der Waals surface area (Å²) in [5.74, 6) is -0.151. The van der Waals surface area contributed by atoms with Crippen molar-refractivity contribution in [3.05, 3.63) is 95.0 Å². The van der Waals surface area contributed by atoms with E-state index in [0.717, 1.165) is 18.4 Å². The Labute approximate surface area is 239 Å². The van der Waals surface area contributed by atoms with Crippen LogP contribution in [0.25, 0.3) is 10.9 Å². The van der Waals surface area contributed by atoms with E-state index in [4.69, 9.17) is 16.3 Å². The topological polar surface area (TPSA) is 107 Å². The fourth-order valence-corrected chi connectivity index (χ4v) is 4.25. The van der Waals surface area contributed by atoms with E-state index in [1.54, 1.807) is 41.2 Å². The van der Waals surface area contributed by atoms with Crippen LogP contribution in [-0.2, 0) is 17.9 Å². The first kappa shape index (κ1) is 27.9. The van der Waals surface area contributed by atoms with Crippen molar-refractivity contribution >= 4 is 45.6 Å². The number of fused-ring (bicyclic) bond motifs is 1. The van der Waals surface area contributed by atoms with Gasteiger partial charge >= 0.3 is 0 Å². The zero-order chi connectivity index (χ0) is 28.8. The Morgan fingerprint density at radius 2 is 1.90 bits per heavy atom. The third-order valence-corrected chi connectivity index (χ3v) is 6.46. The molecule has 5 rings (SSSR count). The fraction of sp³-hybridized carbons (Fsp3) is 0.207. The van der Waals surface area contributed by atoms with Gasteiger partial charge in [-0.15, -0.1) is 5.10 Å². The predicted octanol–water partition coefficient (Wildman–Crippen LogP) is 6.65. The van der Waals surface area contributed by atoms with Gasteiger partial charge in [-0.05, 0) is 48.4 Å². The molecule has 0 atom stereocenters. The fourth-order valence-electron chi connectivity index (χ4n) is 4.07. The van der Waals surface area contributed by atoms with Gasteiger partial charge in [-0.25, -0.2) is 23.4 Å². The van der Waals surface area contributed by atoms with E-state index in [1.165, 1.54) is 30.6 Å². The molecule has 12 heteroatoms. The molecule has 2 heterocycles. The number of aromatic nitrogens is 5. The molecule has 0 radical (unpaired) electrons. The van der Waals surface area contributed by atoms with Crippen molar-refractivity contribution in [1.29, 1.82) is 0 Å². The maximum absolute atomic E-state index is 13.6. The zero-order valence-electron chi connectivity index (χ0n) is 22.1. The predicted molar refractivity (Wildman–Crippen MR) is 152 cm³/mol. The summed E-state index contributed by atoms with van der Waals surface area (Å²) in [6, 6.07) is 13.9. The number of nitrogens with one attached hydrogen (secondary N) is 2. The van der Waals surface area contributed by atoms with Crippen molar-refractivity contribution in [2.24, 2.45) is 0 Å². The molecule has 9 nitrogen and oxygen atoms in total. The average molecular weight is 578 g/mol. The van der Waals surface area contributed by atoms with Crippen LogP contribution >= 0.6 is 11.6 Å². The lowest BCUT2D eigenvalue weighted by atomic mass is 10.1. The lowest BCUT2D eigenvalue weighted by molar-refractivity contribution is -0.116. The third-order valence-electron chi connectivity index (χ3n) is 6.17. The van der Waals surface area contributed by atoms with Gasteiger partial charge in [-0.3, -0.25) is 4.79 Å². The monoisotopic (exact) mass is 577 g/mol. The molecule has 0 spiro atoms. The summed E-state index contributed by atoms with van der Waals surface area (Å²) in [4.78, 5) is 21.4. The maximum Gasteiger partial charge on any atom is 0.224 e. The molecule has 0 saturated carbocycles. The van der Waals surface area contributed by atoms with E-state index in [9.17, 15) is 13.6 Å². The molecule has 0 unspecified atom stereocenters. The van der Waals surface area contributed by atoms with E-state index in [0.29, 0.717) is 52.5 Å². The number of rotatable bonds is 11. The second kappa shape index (κ2) is 12.7. The zero-order valence-corrected chi connectivity index (χ0v) is 22.8. The number of benzene rings is 3. The highest BCUT2D eigenvalue weighted by Crippen LogP contribution is 2.34. The third kappa shape index (κ3) is 7.12. The number of nitrogens with zero attached hydrogens (tertiary/aromatic N) is 5. The van der Waals surface area contributed by atoms with E-state index in [1.807, 2.05) is 6.92 Å². The number of hydrogen-bond donors (Lipinski definition) is 2. The van der Waals surface area contributed by atoms with Gasteiger partial charge in [-0.2, -0.15) is 0 Å². The Morgan fingerprint density at radius 1 is 1.07 bits per heavy atom. The van der Waals surface area contributed by atoms with Crippen molar-refractivity contribution in [2.45, 2.75) is 39.3 Å². The molecule has 0 bridgehead atoms. The van der Waals surface area contributed by atoms with Gasteiger partial charge in [0.1, 0.15) is 41.8 Å². The number of hydrogen-bond acceptors (Lipinski definition) is 7. The number of amides is 1. The second-order valence-electron chi connectivity index (χ2n) is 9.32. The van der Waals surface area contributed by atoms with Crippen LogP contribution in [0.1, 0.15) is 37.4 Å². The highest BCUT2D eigenvalue weighted by molar-refractivity contribution is 6.31. The molecule has 0 aliphatic heterocycles. The minimum Gasteiger partial charge on any atom is -0.485 e. The molecule has 2 N–H and O–H groups in total. The Morgan fingerprint density at radius 3 is 2.68 bits per heavy atom. The van der Waals surface area contributed by atoms with Crippen LogP contribution < -0.4 is 15.4 Å². The van der Waals surface area contributed by atoms with Crippen LogP contribution in [0.5, 0.6) is 5.75 Å². The first-order valence-corrected chi connectivity index (χ1v) is 13.3. The van der Waals surface area contributed by atoms with E-state index < -0.39 is 5.82 Å². The summed E-state index contributed by atoms with van der Waals surface area (Å²) < 4.78 is 34.6. The Kier molecular flexibility index (Phi) is 8.64. The van der Waals surface area contributed by atoms with Crippen LogP contribution in [0.15, 0.2) is 67.1 Å². The number of anilines is 3. The van der Waals surface area contributed by atoms with Crippen LogP contribution in [0, 0.1) is 11.6 Å². The molecule has 0 aliphatic carbocycles. The van der Waals surface area contributed by atoms with Gasteiger partial charge < -0.3 is 15.4 Å². The van der Waals surface area contributed by atoms with Gasteiger partial charge in [0.15, 0.2) is 0 Å². The van der Waals surface area contributed by atoms with E-state index in [2.05, 4.69) is 30.9 Å². The first-order chi connectivity index (χ1) is 19.9. The summed E-state index contributed by atoms with van der Waals surface area (Å²) >= 11 is 5.94. The largest absolute Gasteiger partial charge is 0.485 e. The van der Waals surface area contributed by atoms with Crippen molar-refractivity contribution in [3.8, 4) is 5.75 Å². The van der Waals surface area contributed by atoms with Crippen molar-refractivity contribution in [1.82, 2.24) is 25.0 Å². The molecule has 41 heavy (non-hydrogen) atoms. The number of unbranched alkanes of at least 4 members (excludes halogenated alkanes) is 1. The smallest absolute Gasteiger partial charge is 0.224 e.